The third kappa shape index (κ3) is 4.01. The fourth-order valence-corrected chi connectivity index (χ4v) is 2.81. The van der Waals surface area contributed by atoms with Gasteiger partial charge >= 0.3 is 0 Å². The van der Waals surface area contributed by atoms with Gasteiger partial charge in [0.15, 0.2) is 17.3 Å². The van der Waals surface area contributed by atoms with Crippen molar-refractivity contribution in [3.8, 4) is 17.2 Å². The highest BCUT2D eigenvalue weighted by atomic mass is 35.5. The molecule has 1 amide bonds. The first-order valence-corrected chi connectivity index (χ1v) is 8.69. The third-order valence-electron chi connectivity index (χ3n) is 4.01. The van der Waals surface area contributed by atoms with Crippen molar-refractivity contribution in [1.82, 2.24) is 5.32 Å². The molecule has 0 fully saturated rings. The summed E-state index contributed by atoms with van der Waals surface area (Å²) in [6, 6.07) is 16.0. The van der Waals surface area contributed by atoms with Gasteiger partial charge in [-0.3, -0.25) is 4.79 Å². The van der Waals surface area contributed by atoms with Gasteiger partial charge in [0, 0.05) is 17.6 Å². The van der Waals surface area contributed by atoms with Crippen LogP contribution < -0.4 is 19.5 Å². The molecule has 0 unspecified atom stereocenters. The van der Waals surface area contributed by atoms with Crippen LogP contribution in [0.1, 0.15) is 21.9 Å². The van der Waals surface area contributed by atoms with E-state index in [1.165, 1.54) is 0 Å². The normalized spacial score (nSPS) is 12.0. The summed E-state index contributed by atoms with van der Waals surface area (Å²) in [7, 11) is 0. The molecule has 6 nitrogen and oxygen atoms in total. The van der Waals surface area contributed by atoms with Crippen LogP contribution in [0.2, 0.25) is 5.02 Å². The van der Waals surface area contributed by atoms with Crippen LogP contribution in [0.25, 0.3) is 0 Å². The van der Waals surface area contributed by atoms with Crippen LogP contribution in [0, 0.1) is 0 Å². The van der Waals surface area contributed by atoms with E-state index in [9.17, 15) is 4.79 Å². The standard InChI is InChI=1S/C20H16ClNO5/c21-16-4-2-1-3-13(16)10-22-20(23)18-8-6-15(27-18)11-24-14-5-7-17-19(9-14)26-12-25-17/h1-9H,10-12H2,(H,22,23). The highest BCUT2D eigenvalue weighted by Crippen LogP contribution is 2.35. The van der Waals surface area contributed by atoms with E-state index in [2.05, 4.69) is 5.32 Å². The maximum atomic E-state index is 12.2. The van der Waals surface area contributed by atoms with Crippen molar-refractivity contribution in [3.05, 3.63) is 76.7 Å². The first kappa shape index (κ1) is 17.3. The number of nitrogens with one attached hydrogen (secondary N) is 1. The molecule has 1 aliphatic rings. The Morgan fingerprint density at radius 1 is 1.07 bits per heavy atom. The van der Waals surface area contributed by atoms with E-state index in [0.29, 0.717) is 34.6 Å². The lowest BCUT2D eigenvalue weighted by atomic mass is 10.2. The molecule has 1 aliphatic heterocycles. The summed E-state index contributed by atoms with van der Waals surface area (Å²) < 4.78 is 21.8. The lowest BCUT2D eigenvalue weighted by Gasteiger charge is -2.06. The van der Waals surface area contributed by atoms with Crippen LogP contribution in [0.4, 0.5) is 0 Å². The van der Waals surface area contributed by atoms with Gasteiger partial charge in [-0.25, -0.2) is 0 Å². The first-order valence-electron chi connectivity index (χ1n) is 8.32. The number of carbonyl (C=O) groups is 1. The number of hydrogen-bond donors (Lipinski definition) is 1. The number of halogens is 1. The highest BCUT2D eigenvalue weighted by molar-refractivity contribution is 6.31. The van der Waals surface area contributed by atoms with Gasteiger partial charge in [-0.05, 0) is 35.9 Å². The second-order valence-corrected chi connectivity index (χ2v) is 6.25. The molecule has 1 N–H and O–H groups in total. The Hall–Kier alpha value is -3.12. The fourth-order valence-electron chi connectivity index (χ4n) is 2.60. The zero-order valence-corrected chi connectivity index (χ0v) is 15.0. The number of furan rings is 1. The third-order valence-corrected chi connectivity index (χ3v) is 4.38. The number of ether oxygens (including phenoxy) is 3. The Labute approximate surface area is 160 Å². The number of amides is 1. The molecule has 27 heavy (non-hydrogen) atoms. The summed E-state index contributed by atoms with van der Waals surface area (Å²) in [5.74, 6) is 2.40. The number of carbonyl (C=O) groups excluding carboxylic acids is 1. The smallest absolute Gasteiger partial charge is 0.287 e. The predicted molar refractivity (Wildman–Crippen MR) is 98.2 cm³/mol. The van der Waals surface area contributed by atoms with Gasteiger partial charge in [0.2, 0.25) is 6.79 Å². The Kier molecular flexibility index (Phi) is 4.89. The molecule has 0 bridgehead atoms. The van der Waals surface area contributed by atoms with Gasteiger partial charge in [0.25, 0.3) is 5.91 Å². The van der Waals surface area contributed by atoms with Gasteiger partial charge in [0.1, 0.15) is 18.1 Å². The van der Waals surface area contributed by atoms with Crippen LogP contribution in [0.15, 0.2) is 59.0 Å². The number of fused-ring (bicyclic) bond motifs is 1. The lowest BCUT2D eigenvalue weighted by molar-refractivity contribution is 0.0919. The van der Waals surface area contributed by atoms with Crippen molar-refractivity contribution in [2.75, 3.05) is 6.79 Å². The molecular formula is C20H16ClNO5. The van der Waals surface area contributed by atoms with E-state index in [1.54, 1.807) is 36.4 Å². The largest absolute Gasteiger partial charge is 0.486 e. The summed E-state index contributed by atoms with van der Waals surface area (Å²) in [5.41, 5.74) is 0.838. The summed E-state index contributed by atoms with van der Waals surface area (Å²) in [6.07, 6.45) is 0. The van der Waals surface area contributed by atoms with Crippen molar-refractivity contribution >= 4 is 17.5 Å². The molecule has 0 atom stereocenters. The van der Waals surface area contributed by atoms with Crippen LogP contribution in [0.3, 0.4) is 0 Å². The van der Waals surface area contributed by atoms with Gasteiger partial charge < -0.3 is 23.9 Å². The zero-order valence-electron chi connectivity index (χ0n) is 14.2. The molecule has 0 aliphatic carbocycles. The molecule has 7 heteroatoms. The van der Waals surface area contributed by atoms with Gasteiger partial charge in [0.05, 0.1) is 0 Å². The van der Waals surface area contributed by atoms with E-state index >= 15 is 0 Å². The van der Waals surface area contributed by atoms with E-state index in [-0.39, 0.29) is 25.1 Å². The molecule has 4 rings (SSSR count). The van der Waals surface area contributed by atoms with Crippen molar-refractivity contribution in [2.45, 2.75) is 13.2 Å². The molecule has 2 heterocycles. The number of benzene rings is 2. The Morgan fingerprint density at radius 3 is 2.81 bits per heavy atom. The monoisotopic (exact) mass is 385 g/mol. The second kappa shape index (κ2) is 7.63. The topological polar surface area (TPSA) is 69.9 Å². The van der Waals surface area contributed by atoms with Gasteiger partial charge in [-0.15, -0.1) is 0 Å². The molecule has 2 aromatic carbocycles. The minimum absolute atomic E-state index is 0.192. The molecular weight excluding hydrogens is 370 g/mol. The second-order valence-electron chi connectivity index (χ2n) is 5.84. The van der Waals surface area contributed by atoms with Crippen LogP contribution in [-0.4, -0.2) is 12.7 Å². The SMILES string of the molecule is O=C(NCc1ccccc1Cl)c1ccc(COc2ccc3c(c2)OCO3)o1. The predicted octanol–water partition coefficient (Wildman–Crippen LogP) is 4.17. The Balaban J connectivity index is 1.33. The fraction of sp³-hybridized carbons (Fsp3) is 0.150. The Bertz CT molecular complexity index is 969. The van der Waals surface area contributed by atoms with Crippen molar-refractivity contribution < 1.29 is 23.4 Å². The minimum atomic E-state index is -0.316. The highest BCUT2D eigenvalue weighted by Gasteiger charge is 2.15. The molecule has 0 radical (unpaired) electrons. The van der Waals surface area contributed by atoms with Crippen molar-refractivity contribution in [1.29, 1.82) is 0 Å². The van der Waals surface area contributed by atoms with E-state index < -0.39 is 0 Å². The zero-order chi connectivity index (χ0) is 18.6. The molecule has 0 saturated carbocycles. The molecule has 0 saturated heterocycles. The molecule has 138 valence electrons. The lowest BCUT2D eigenvalue weighted by Crippen LogP contribution is -2.22. The molecule has 3 aromatic rings. The van der Waals surface area contributed by atoms with E-state index in [1.807, 2.05) is 18.2 Å². The summed E-state index contributed by atoms with van der Waals surface area (Å²) in [4.78, 5) is 12.2. The summed E-state index contributed by atoms with van der Waals surface area (Å²) in [6.45, 7) is 0.726. The average molecular weight is 386 g/mol. The summed E-state index contributed by atoms with van der Waals surface area (Å²) in [5, 5.41) is 3.39. The van der Waals surface area contributed by atoms with E-state index in [0.717, 1.165) is 5.56 Å². The summed E-state index contributed by atoms with van der Waals surface area (Å²) >= 11 is 6.08. The maximum Gasteiger partial charge on any atom is 0.287 e. The van der Waals surface area contributed by atoms with Crippen LogP contribution in [-0.2, 0) is 13.2 Å². The van der Waals surface area contributed by atoms with Gasteiger partial charge in [-0.1, -0.05) is 29.8 Å². The average Bonchev–Trinajstić information content (AvgIpc) is 3.34. The van der Waals surface area contributed by atoms with Crippen LogP contribution in [0.5, 0.6) is 17.2 Å². The van der Waals surface area contributed by atoms with Crippen LogP contribution >= 0.6 is 11.6 Å². The minimum Gasteiger partial charge on any atom is -0.486 e. The number of rotatable bonds is 6. The number of hydrogen-bond acceptors (Lipinski definition) is 5. The van der Waals surface area contributed by atoms with E-state index in [4.69, 9.17) is 30.2 Å². The van der Waals surface area contributed by atoms with Crippen molar-refractivity contribution in [2.24, 2.45) is 0 Å². The molecule has 1 aromatic heterocycles. The Morgan fingerprint density at radius 2 is 1.93 bits per heavy atom. The maximum absolute atomic E-state index is 12.2. The van der Waals surface area contributed by atoms with Crippen molar-refractivity contribution in [3.63, 3.8) is 0 Å². The quantitative estimate of drug-likeness (QED) is 0.689. The molecule has 0 spiro atoms. The first-order chi connectivity index (χ1) is 13.2. The van der Waals surface area contributed by atoms with Gasteiger partial charge in [-0.2, -0.15) is 0 Å².